The van der Waals surface area contributed by atoms with Crippen LogP contribution in [-0.4, -0.2) is 54.4 Å². The van der Waals surface area contributed by atoms with Crippen molar-refractivity contribution in [2.75, 3.05) is 32.7 Å². The maximum Gasteiger partial charge on any atom is 0.242 e. The molecule has 0 saturated carbocycles. The van der Waals surface area contributed by atoms with Crippen LogP contribution >= 0.6 is 0 Å². The summed E-state index contributed by atoms with van der Waals surface area (Å²) in [7, 11) is 0. The maximum absolute atomic E-state index is 11.9. The standard InChI is InChI=1S/C14H20N4O2/c1-11-3-2-4-16-12(11)9-13(19)17-10-14(20)18-7-5-15-6-8-18/h2-4,15H,5-10H2,1H3,(H,17,19). The van der Waals surface area contributed by atoms with Crippen molar-refractivity contribution >= 4 is 11.8 Å². The highest BCUT2D eigenvalue weighted by Gasteiger charge is 2.16. The Balaban J connectivity index is 1.77. The molecule has 6 nitrogen and oxygen atoms in total. The lowest BCUT2D eigenvalue weighted by Gasteiger charge is -2.27. The monoisotopic (exact) mass is 276 g/mol. The first-order valence-corrected chi connectivity index (χ1v) is 6.82. The predicted molar refractivity (Wildman–Crippen MR) is 75.1 cm³/mol. The number of amides is 2. The van der Waals surface area contributed by atoms with Crippen molar-refractivity contribution in [1.82, 2.24) is 20.5 Å². The number of rotatable bonds is 4. The van der Waals surface area contributed by atoms with Gasteiger partial charge in [-0.2, -0.15) is 0 Å². The summed E-state index contributed by atoms with van der Waals surface area (Å²) in [5.41, 5.74) is 1.73. The summed E-state index contributed by atoms with van der Waals surface area (Å²) in [4.78, 5) is 29.6. The molecule has 0 unspecified atom stereocenters. The molecule has 1 aliphatic heterocycles. The summed E-state index contributed by atoms with van der Waals surface area (Å²) in [6, 6.07) is 3.76. The van der Waals surface area contributed by atoms with Gasteiger partial charge in [0.15, 0.2) is 0 Å². The van der Waals surface area contributed by atoms with Crippen LogP contribution in [0.4, 0.5) is 0 Å². The van der Waals surface area contributed by atoms with E-state index in [1.54, 1.807) is 11.1 Å². The number of aromatic nitrogens is 1. The first-order valence-electron chi connectivity index (χ1n) is 6.82. The van der Waals surface area contributed by atoms with E-state index in [0.29, 0.717) is 13.1 Å². The molecule has 0 radical (unpaired) electrons. The van der Waals surface area contributed by atoms with Crippen molar-refractivity contribution in [3.05, 3.63) is 29.6 Å². The topological polar surface area (TPSA) is 74.3 Å². The molecular formula is C14H20N4O2. The van der Waals surface area contributed by atoms with Gasteiger partial charge >= 0.3 is 0 Å². The van der Waals surface area contributed by atoms with Gasteiger partial charge in [-0.05, 0) is 18.6 Å². The second-order valence-electron chi connectivity index (χ2n) is 4.85. The Kier molecular flexibility index (Phi) is 5.06. The lowest BCUT2D eigenvalue weighted by Crippen LogP contribution is -2.49. The molecule has 6 heteroatoms. The molecule has 1 aliphatic rings. The Bertz CT molecular complexity index is 484. The number of piperazine rings is 1. The zero-order chi connectivity index (χ0) is 14.4. The number of carbonyl (C=O) groups is 2. The van der Waals surface area contributed by atoms with E-state index in [0.717, 1.165) is 24.3 Å². The number of aryl methyl sites for hydroxylation is 1. The fraction of sp³-hybridized carbons (Fsp3) is 0.500. The summed E-state index contributed by atoms with van der Waals surface area (Å²) >= 11 is 0. The second kappa shape index (κ2) is 7.00. The normalized spacial score (nSPS) is 14.9. The van der Waals surface area contributed by atoms with E-state index in [-0.39, 0.29) is 24.8 Å². The van der Waals surface area contributed by atoms with Crippen LogP contribution in [0.3, 0.4) is 0 Å². The zero-order valence-electron chi connectivity index (χ0n) is 11.7. The number of nitrogens with one attached hydrogen (secondary N) is 2. The van der Waals surface area contributed by atoms with Crippen molar-refractivity contribution in [3.63, 3.8) is 0 Å². The average molecular weight is 276 g/mol. The molecule has 1 saturated heterocycles. The van der Waals surface area contributed by atoms with Gasteiger partial charge in [0.25, 0.3) is 0 Å². The molecule has 1 fully saturated rings. The summed E-state index contributed by atoms with van der Waals surface area (Å²) in [5, 5.41) is 5.85. The van der Waals surface area contributed by atoms with Crippen LogP contribution in [0.5, 0.6) is 0 Å². The van der Waals surface area contributed by atoms with Gasteiger partial charge in [-0.1, -0.05) is 6.07 Å². The lowest BCUT2D eigenvalue weighted by molar-refractivity contribution is -0.133. The number of carbonyl (C=O) groups excluding carboxylic acids is 2. The smallest absolute Gasteiger partial charge is 0.242 e. The van der Waals surface area contributed by atoms with Gasteiger partial charge in [-0.15, -0.1) is 0 Å². The summed E-state index contributed by atoms with van der Waals surface area (Å²) in [5.74, 6) is -0.201. The van der Waals surface area contributed by atoms with E-state index in [2.05, 4.69) is 15.6 Å². The van der Waals surface area contributed by atoms with E-state index in [1.165, 1.54) is 0 Å². The molecule has 0 spiro atoms. The van der Waals surface area contributed by atoms with Crippen molar-refractivity contribution < 1.29 is 9.59 Å². The Labute approximate surface area is 118 Å². The molecule has 20 heavy (non-hydrogen) atoms. The van der Waals surface area contributed by atoms with Gasteiger partial charge in [0.1, 0.15) is 0 Å². The highest BCUT2D eigenvalue weighted by molar-refractivity contribution is 5.85. The van der Waals surface area contributed by atoms with Crippen LogP contribution < -0.4 is 10.6 Å². The van der Waals surface area contributed by atoms with Crippen LogP contribution in [-0.2, 0) is 16.0 Å². The molecule has 0 aliphatic carbocycles. The lowest BCUT2D eigenvalue weighted by atomic mass is 10.1. The molecule has 0 bridgehead atoms. The molecule has 108 valence electrons. The summed E-state index contributed by atoms with van der Waals surface area (Å²) in [6.07, 6.45) is 1.88. The van der Waals surface area contributed by atoms with E-state index in [4.69, 9.17) is 0 Å². The molecule has 2 heterocycles. The van der Waals surface area contributed by atoms with Crippen molar-refractivity contribution in [2.45, 2.75) is 13.3 Å². The third-order valence-electron chi connectivity index (χ3n) is 3.35. The highest BCUT2D eigenvalue weighted by Crippen LogP contribution is 2.03. The van der Waals surface area contributed by atoms with E-state index in [9.17, 15) is 9.59 Å². The average Bonchev–Trinajstić information content (AvgIpc) is 2.48. The van der Waals surface area contributed by atoms with Crippen LogP contribution in [0.15, 0.2) is 18.3 Å². The quantitative estimate of drug-likeness (QED) is 0.776. The minimum absolute atomic E-state index is 0.0300. The highest BCUT2D eigenvalue weighted by atomic mass is 16.2. The van der Waals surface area contributed by atoms with Crippen molar-refractivity contribution in [1.29, 1.82) is 0 Å². The minimum Gasteiger partial charge on any atom is -0.347 e. The molecule has 1 aromatic rings. The van der Waals surface area contributed by atoms with E-state index in [1.807, 2.05) is 19.1 Å². The molecular weight excluding hydrogens is 256 g/mol. The number of nitrogens with zero attached hydrogens (tertiary/aromatic N) is 2. The molecule has 0 aromatic carbocycles. The van der Waals surface area contributed by atoms with Crippen LogP contribution in [0, 0.1) is 6.92 Å². The van der Waals surface area contributed by atoms with Gasteiger partial charge in [0.05, 0.1) is 18.7 Å². The third kappa shape index (κ3) is 4.03. The SMILES string of the molecule is Cc1cccnc1CC(=O)NCC(=O)N1CCNCC1. The number of pyridine rings is 1. The van der Waals surface area contributed by atoms with Gasteiger partial charge in [-0.25, -0.2) is 0 Å². The largest absolute Gasteiger partial charge is 0.347 e. The molecule has 2 rings (SSSR count). The Hall–Kier alpha value is -1.95. The third-order valence-corrected chi connectivity index (χ3v) is 3.35. The Morgan fingerprint density at radius 3 is 2.85 bits per heavy atom. The second-order valence-corrected chi connectivity index (χ2v) is 4.85. The van der Waals surface area contributed by atoms with Crippen molar-refractivity contribution in [2.24, 2.45) is 0 Å². The zero-order valence-corrected chi connectivity index (χ0v) is 11.7. The van der Waals surface area contributed by atoms with E-state index < -0.39 is 0 Å². The van der Waals surface area contributed by atoms with Gasteiger partial charge in [0, 0.05) is 32.4 Å². The molecule has 2 amide bonds. The Morgan fingerprint density at radius 2 is 2.15 bits per heavy atom. The molecule has 0 atom stereocenters. The number of hydrogen-bond donors (Lipinski definition) is 2. The summed E-state index contributed by atoms with van der Waals surface area (Å²) in [6.45, 7) is 5.01. The molecule has 1 aromatic heterocycles. The predicted octanol–water partition coefficient (Wildman–Crippen LogP) is -0.519. The summed E-state index contributed by atoms with van der Waals surface area (Å²) < 4.78 is 0. The van der Waals surface area contributed by atoms with E-state index >= 15 is 0 Å². The molecule has 2 N–H and O–H groups in total. The van der Waals surface area contributed by atoms with Crippen LogP contribution in [0.2, 0.25) is 0 Å². The fourth-order valence-electron chi connectivity index (χ4n) is 2.12. The first-order chi connectivity index (χ1) is 9.66. The number of hydrogen-bond acceptors (Lipinski definition) is 4. The maximum atomic E-state index is 11.9. The van der Waals surface area contributed by atoms with Gasteiger partial charge in [0.2, 0.25) is 11.8 Å². The minimum atomic E-state index is -0.171. The fourth-order valence-corrected chi connectivity index (χ4v) is 2.12. The van der Waals surface area contributed by atoms with Gasteiger partial charge in [-0.3, -0.25) is 14.6 Å². The van der Waals surface area contributed by atoms with Gasteiger partial charge < -0.3 is 15.5 Å². The van der Waals surface area contributed by atoms with Crippen molar-refractivity contribution in [3.8, 4) is 0 Å². The Morgan fingerprint density at radius 1 is 1.40 bits per heavy atom. The van der Waals surface area contributed by atoms with Crippen LogP contribution in [0.25, 0.3) is 0 Å². The van der Waals surface area contributed by atoms with Crippen LogP contribution in [0.1, 0.15) is 11.3 Å². The first kappa shape index (κ1) is 14.5.